The summed E-state index contributed by atoms with van der Waals surface area (Å²) in [6.45, 7) is 3.67. The molecule has 2 aromatic rings. The Morgan fingerprint density at radius 1 is 1.22 bits per heavy atom. The molecule has 0 aliphatic rings. The molecule has 0 unspecified atom stereocenters. The van der Waals surface area contributed by atoms with E-state index in [0.717, 1.165) is 16.9 Å². The molecule has 0 aliphatic carbocycles. The van der Waals surface area contributed by atoms with E-state index in [1.807, 2.05) is 36.4 Å². The highest BCUT2D eigenvalue weighted by atomic mass is 32.2. The zero-order valence-corrected chi connectivity index (χ0v) is 13.5. The summed E-state index contributed by atoms with van der Waals surface area (Å²) < 4.78 is 0. The van der Waals surface area contributed by atoms with Crippen LogP contribution in [0.3, 0.4) is 0 Å². The van der Waals surface area contributed by atoms with Crippen molar-refractivity contribution < 1.29 is 5.11 Å². The lowest BCUT2D eigenvalue weighted by molar-refractivity contribution is 0.469. The third-order valence-electron chi connectivity index (χ3n) is 3.06. The molecule has 0 bridgehead atoms. The zero-order valence-electron chi connectivity index (χ0n) is 12.7. The number of allylic oxidation sites excluding steroid dienone is 1. The highest BCUT2D eigenvalue weighted by molar-refractivity contribution is 8.13. The standard InChI is InChI=1S/C18H19N3OS/c1-2-6-16-11-15(9-10-17(16)22)12-20-21-18(19)23-13-14-7-4-3-5-8-14/h2-5,7-12,22H,1,6,13H2,(H2,19,21). The minimum atomic E-state index is 0.253. The number of hydrogen-bond acceptors (Lipinski definition) is 4. The van der Waals surface area contributed by atoms with Crippen LogP contribution < -0.4 is 5.73 Å². The van der Waals surface area contributed by atoms with E-state index in [9.17, 15) is 5.11 Å². The zero-order chi connectivity index (χ0) is 16.5. The molecule has 0 heterocycles. The van der Waals surface area contributed by atoms with E-state index in [2.05, 4.69) is 16.8 Å². The molecule has 4 nitrogen and oxygen atoms in total. The quantitative estimate of drug-likeness (QED) is 0.368. The Bertz CT molecular complexity index is 711. The smallest absolute Gasteiger partial charge is 0.180 e. The predicted molar refractivity (Wildman–Crippen MR) is 99.0 cm³/mol. The Morgan fingerprint density at radius 2 is 2.00 bits per heavy atom. The van der Waals surface area contributed by atoms with Crippen LogP contribution in [-0.4, -0.2) is 16.5 Å². The maximum absolute atomic E-state index is 9.71. The molecule has 0 radical (unpaired) electrons. The topological polar surface area (TPSA) is 71.0 Å². The number of aromatic hydroxyl groups is 1. The van der Waals surface area contributed by atoms with E-state index in [-0.39, 0.29) is 5.75 Å². The van der Waals surface area contributed by atoms with Crippen LogP contribution in [0.5, 0.6) is 5.75 Å². The molecule has 0 saturated heterocycles. The average molecular weight is 325 g/mol. The van der Waals surface area contributed by atoms with Gasteiger partial charge in [0.2, 0.25) is 0 Å². The SMILES string of the molecule is C=CCc1cc(C=NN=C(N)SCc2ccccc2)ccc1O. The molecule has 118 valence electrons. The van der Waals surface area contributed by atoms with Crippen LogP contribution in [0.25, 0.3) is 0 Å². The maximum Gasteiger partial charge on any atom is 0.180 e. The van der Waals surface area contributed by atoms with Crippen LogP contribution in [-0.2, 0) is 12.2 Å². The lowest BCUT2D eigenvalue weighted by Crippen LogP contribution is -2.06. The van der Waals surface area contributed by atoms with E-state index in [4.69, 9.17) is 5.73 Å². The molecular weight excluding hydrogens is 306 g/mol. The first kappa shape index (κ1) is 16.8. The molecule has 0 aromatic heterocycles. The van der Waals surface area contributed by atoms with Gasteiger partial charge in [0.1, 0.15) is 5.75 Å². The van der Waals surface area contributed by atoms with Crippen LogP contribution in [0.15, 0.2) is 71.4 Å². The first-order valence-electron chi connectivity index (χ1n) is 7.15. The second-order valence-corrected chi connectivity index (χ2v) is 5.83. The normalized spacial score (nSPS) is 11.7. The Hall–Kier alpha value is -2.53. The molecule has 0 atom stereocenters. The number of hydrogen-bond donors (Lipinski definition) is 2. The van der Waals surface area contributed by atoms with Crippen LogP contribution in [0.1, 0.15) is 16.7 Å². The summed E-state index contributed by atoms with van der Waals surface area (Å²) in [5, 5.41) is 18.1. The molecule has 23 heavy (non-hydrogen) atoms. The van der Waals surface area contributed by atoms with E-state index in [0.29, 0.717) is 11.6 Å². The van der Waals surface area contributed by atoms with Gasteiger partial charge >= 0.3 is 0 Å². The second-order valence-electron chi connectivity index (χ2n) is 4.84. The van der Waals surface area contributed by atoms with Gasteiger partial charge in [0.15, 0.2) is 5.17 Å². The third kappa shape index (κ3) is 5.64. The van der Waals surface area contributed by atoms with Crippen LogP contribution in [0.4, 0.5) is 0 Å². The molecule has 0 amide bonds. The second kappa shape index (κ2) is 8.80. The van der Waals surface area contributed by atoms with Crippen molar-refractivity contribution in [2.24, 2.45) is 15.9 Å². The van der Waals surface area contributed by atoms with Gasteiger partial charge in [-0.1, -0.05) is 48.2 Å². The van der Waals surface area contributed by atoms with Crippen molar-refractivity contribution in [1.29, 1.82) is 0 Å². The summed E-state index contributed by atoms with van der Waals surface area (Å²) in [5.74, 6) is 1.01. The summed E-state index contributed by atoms with van der Waals surface area (Å²) in [4.78, 5) is 0. The van der Waals surface area contributed by atoms with Gasteiger partial charge in [-0.3, -0.25) is 0 Å². The fraction of sp³-hybridized carbons (Fsp3) is 0.111. The van der Waals surface area contributed by atoms with Gasteiger partial charge in [-0.05, 0) is 41.3 Å². The van der Waals surface area contributed by atoms with Gasteiger partial charge in [-0.15, -0.1) is 11.7 Å². The largest absolute Gasteiger partial charge is 0.508 e. The van der Waals surface area contributed by atoms with Crippen molar-refractivity contribution >= 4 is 23.1 Å². The van der Waals surface area contributed by atoms with E-state index >= 15 is 0 Å². The number of thioether (sulfide) groups is 1. The van der Waals surface area contributed by atoms with Gasteiger partial charge in [0.25, 0.3) is 0 Å². The molecule has 0 fully saturated rings. The molecule has 5 heteroatoms. The number of nitrogens with two attached hydrogens (primary N) is 1. The summed E-state index contributed by atoms with van der Waals surface area (Å²) in [6, 6.07) is 15.3. The van der Waals surface area contributed by atoms with Gasteiger partial charge in [-0.25, -0.2) is 0 Å². The maximum atomic E-state index is 9.71. The van der Waals surface area contributed by atoms with Crippen molar-refractivity contribution in [1.82, 2.24) is 0 Å². The summed E-state index contributed by atoms with van der Waals surface area (Å²) in [7, 11) is 0. The number of benzene rings is 2. The third-order valence-corrected chi connectivity index (χ3v) is 3.92. The van der Waals surface area contributed by atoms with Crippen LogP contribution >= 0.6 is 11.8 Å². The first-order chi connectivity index (χ1) is 11.2. The Balaban J connectivity index is 1.94. The van der Waals surface area contributed by atoms with E-state index in [1.165, 1.54) is 17.3 Å². The number of rotatable bonds is 6. The summed E-state index contributed by atoms with van der Waals surface area (Å²) >= 11 is 1.44. The lowest BCUT2D eigenvalue weighted by Gasteiger charge is -2.02. The predicted octanol–water partition coefficient (Wildman–Crippen LogP) is 3.70. The Kier molecular flexibility index (Phi) is 6.44. The van der Waals surface area contributed by atoms with Gasteiger partial charge in [-0.2, -0.15) is 5.10 Å². The summed E-state index contributed by atoms with van der Waals surface area (Å²) in [6.07, 6.45) is 3.96. The molecule has 0 spiro atoms. The fourth-order valence-electron chi connectivity index (χ4n) is 1.92. The minimum absolute atomic E-state index is 0.253. The van der Waals surface area contributed by atoms with Gasteiger partial charge < -0.3 is 10.8 Å². The highest BCUT2D eigenvalue weighted by Gasteiger charge is 2.00. The number of amidine groups is 1. The molecule has 2 rings (SSSR count). The molecule has 3 N–H and O–H groups in total. The fourth-order valence-corrected chi connectivity index (χ4v) is 2.53. The monoisotopic (exact) mass is 325 g/mol. The molecule has 0 aliphatic heterocycles. The molecular formula is C18H19N3OS. The van der Waals surface area contributed by atoms with Crippen molar-refractivity contribution in [3.8, 4) is 5.75 Å². The van der Waals surface area contributed by atoms with Crippen LogP contribution in [0, 0.1) is 0 Å². The lowest BCUT2D eigenvalue weighted by atomic mass is 10.1. The Morgan fingerprint density at radius 3 is 2.74 bits per heavy atom. The van der Waals surface area contributed by atoms with Crippen LogP contribution in [0.2, 0.25) is 0 Å². The van der Waals surface area contributed by atoms with Crippen molar-refractivity contribution in [2.75, 3.05) is 0 Å². The Labute approximate surface area is 140 Å². The van der Waals surface area contributed by atoms with E-state index < -0.39 is 0 Å². The van der Waals surface area contributed by atoms with Gasteiger partial charge in [0, 0.05) is 5.75 Å². The first-order valence-corrected chi connectivity index (χ1v) is 8.13. The molecule has 0 saturated carbocycles. The van der Waals surface area contributed by atoms with Crippen molar-refractivity contribution in [3.63, 3.8) is 0 Å². The minimum Gasteiger partial charge on any atom is -0.508 e. The van der Waals surface area contributed by atoms with Gasteiger partial charge in [0.05, 0.1) is 6.21 Å². The average Bonchev–Trinajstić information content (AvgIpc) is 2.57. The van der Waals surface area contributed by atoms with Crippen molar-refractivity contribution in [2.45, 2.75) is 12.2 Å². The van der Waals surface area contributed by atoms with E-state index in [1.54, 1.807) is 24.4 Å². The number of phenols is 1. The number of nitrogens with zero attached hydrogens (tertiary/aromatic N) is 2. The highest BCUT2D eigenvalue weighted by Crippen LogP contribution is 2.18. The summed E-state index contributed by atoms with van der Waals surface area (Å²) in [5.41, 5.74) is 8.68. The number of phenolic OH excluding ortho intramolecular Hbond substituents is 1. The molecule has 2 aromatic carbocycles. The van der Waals surface area contributed by atoms with Crippen molar-refractivity contribution in [3.05, 3.63) is 77.9 Å².